The molecule has 1 nitrogen and oxygen atoms in total. The number of rotatable bonds is 8. The Morgan fingerprint density at radius 3 is 2.56 bits per heavy atom. The van der Waals surface area contributed by atoms with Crippen molar-refractivity contribution in [1.29, 1.82) is 0 Å². The number of thioether (sulfide) groups is 1. The fourth-order valence-corrected chi connectivity index (χ4v) is 3.53. The van der Waals surface area contributed by atoms with Gasteiger partial charge in [-0.3, -0.25) is 4.79 Å². The number of Topliss-reactive ketones (excluding diaryl/α,β-unsaturated/α-hetero) is 1. The summed E-state index contributed by atoms with van der Waals surface area (Å²) in [4.78, 5) is 11.9. The Hall–Kier alpha value is 0.0200. The van der Waals surface area contributed by atoms with Crippen molar-refractivity contribution < 1.29 is 4.79 Å². The van der Waals surface area contributed by atoms with E-state index in [4.69, 9.17) is 0 Å². The van der Waals surface area contributed by atoms with Crippen LogP contribution in [0.2, 0.25) is 0 Å². The Balaban J connectivity index is 1.97. The van der Waals surface area contributed by atoms with Gasteiger partial charge in [0.2, 0.25) is 0 Å². The molecule has 0 aromatic rings. The maximum absolute atomic E-state index is 11.9. The van der Waals surface area contributed by atoms with Crippen molar-refractivity contribution in [1.82, 2.24) is 0 Å². The van der Waals surface area contributed by atoms with E-state index in [0.717, 1.165) is 19.3 Å². The number of carbonyl (C=O) groups is 1. The van der Waals surface area contributed by atoms with Gasteiger partial charge in [-0.1, -0.05) is 45.4 Å². The third-order valence-electron chi connectivity index (χ3n) is 3.32. The largest absolute Gasteiger partial charge is 0.298 e. The molecule has 1 aliphatic rings. The van der Waals surface area contributed by atoms with Gasteiger partial charge in [0.05, 0.1) is 5.25 Å². The van der Waals surface area contributed by atoms with Crippen molar-refractivity contribution in [2.24, 2.45) is 0 Å². The molecule has 2 heteroatoms. The van der Waals surface area contributed by atoms with Crippen LogP contribution in [-0.2, 0) is 4.79 Å². The van der Waals surface area contributed by atoms with Crippen LogP contribution in [0.1, 0.15) is 71.1 Å². The summed E-state index contributed by atoms with van der Waals surface area (Å²) in [5.74, 6) is 1.73. The number of hydrogen-bond acceptors (Lipinski definition) is 2. The quantitative estimate of drug-likeness (QED) is 0.579. The summed E-state index contributed by atoms with van der Waals surface area (Å²) >= 11 is 1.89. The number of hydrogen-bond donors (Lipinski definition) is 0. The Labute approximate surface area is 105 Å². The van der Waals surface area contributed by atoms with Gasteiger partial charge in [-0.25, -0.2) is 0 Å². The molecule has 16 heavy (non-hydrogen) atoms. The molecule has 1 aliphatic heterocycles. The number of ketones is 1. The van der Waals surface area contributed by atoms with Gasteiger partial charge >= 0.3 is 0 Å². The fourth-order valence-electron chi connectivity index (χ4n) is 2.24. The first-order valence-electron chi connectivity index (χ1n) is 6.99. The number of carbonyl (C=O) groups excluding carboxylic acids is 1. The van der Waals surface area contributed by atoms with Gasteiger partial charge in [-0.05, 0) is 25.0 Å². The maximum Gasteiger partial charge on any atom is 0.145 e. The van der Waals surface area contributed by atoms with E-state index >= 15 is 0 Å². The molecule has 0 amide bonds. The highest BCUT2D eigenvalue weighted by atomic mass is 32.2. The molecular formula is C14H26OS. The van der Waals surface area contributed by atoms with Crippen LogP contribution < -0.4 is 0 Å². The van der Waals surface area contributed by atoms with Crippen molar-refractivity contribution in [3.05, 3.63) is 0 Å². The van der Waals surface area contributed by atoms with Crippen molar-refractivity contribution >= 4 is 17.5 Å². The molecule has 0 aromatic heterocycles. The van der Waals surface area contributed by atoms with Crippen molar-refractivity contribution in [3.8, 4) is 0 Å². The zero-order valence-corrected chi connectivity index (χ0v) is 11.5. The first-order chi connectivity index (χ1) is 7.84. The molecule has 0 bridgehead atoms. The second-order valence-corrected chi connectivity index (χ2v) is 6.15. The Kier molecular flexibility index (Phi) is 8.00. The SMILES string of the molecule is CCCCCCCCC(=O)C1CCCCS1. The minimum atomic E-state index is 0.351. The molecule has 1 saturated heterocycles. The van der Waals surface area contributed by atoms with E-state index in [-0.39, 0.29) is 0 Å². The molecule has 0 radical (unpaired) electrons. The Bertz CT molecular complexity index is 185. The van der Waals surface area contributed by atoms with Crippen molar-refractivity contribution in [3.63, 3.8) is 0 Å². The lowest BCUT2D eigenvalue weighted by molar-refractivity contribution is -0.118. The van der Waals surface area contributed by atoms with E-state index in [2.05, 4.69) is 6.92 Å². The zero-order valence-electron chi connectivity index (χ0n) is 10.7. The summed E-state index contributed by atoms with van der Waals surface area (Å²) in [6.45, 7) is 2.24. The van der Waals surface area contributed by atoms with Crippen LogP contribution in [0, 0.1) is 0 Å². The van der Waals surface area contributed by atoms with Crippen LogP contribution >= 0.6 is 11.8 Å². The normalized spacial score (nSPS) is 20.9. The summed E-state index contributed by atoms with van der Waals surface area (Å²) in [6.07, 6.45) is 12.3. The second kappa shape index (κ2) is 9.09. The minimum absolute atomic E-state index is 0.351. The second-order valence-electron chi connectivity index (χ2n) is 4.84. The van der Waals surface area contributed by atoms with Crippen LogP contribution in [0.3, 0.4) is 0 Å². The lowest BCUT2D eigenvalue weighted by Gasteiger charge is -2.19. The van der Waals surface area contributed by atoms with E-state index in [1.165, 1.54) is 50.7 Å². The lowest BCUT2D eigenvalue weighted by Crippen LogP contribution is -2.20. The predicted octanol–water partition coefficient (Wildman–Crippen LogP) is 4.59. The average Bonchev–Trinajstić information content (AvgIpc) is 2.34. The summed E-state index contributed by atoms with van der Waals surface area (Å²) in [5, 5.41) is 0.351. The molecule has 1 heterocycles. The van der Waals surface area contributed by atoms with Gasteiger partial charge in [0.1, 0.15) is 5.78 Å². The standard InChI is InChI=1S/C14H26OS/c1-2-3-4-5-6-7-10-13(15)14-11-8-9-12-16-14/h14H,2-12H2,1H3. The fraction of sp³-hybridized carbons (Fsp3) is 0.929. The highest BCUT2D eigenvalue weighted by molar-refractivity contribution is 8.00. The first kappa shape index (κ1) is 14.1. The molecule has 1 rings (SSSR count). The molecule has 0 N–H and O–H groups in total. The van der Waals surface area contributed by atoms with Gasteiger partial charge in [0, 0.05) is 6.42 Å². The average molecular weight is 242 g/mol. The topological polar surface area (TPSA) is 17.1 Å². The van der Waals surface area contributed by atoms with Crippen LogP contribution in [-0.4, -0.2) is 16.8 Å². The molecule has 0 aromatic carbocycles. The van der Waals surface area contributed by atoms with Gasteiger partial charge in [-0.2, -0.15) is 11.8 Å². The number of unbranched alkanes of at least 4 members (excludes halogenated alkanes) is 5. The smallest absolute Gasteiger partial charge is 0.145 e. The molecule has 0 aliphatic carbocycles. The third-order valence-corrected chi connectivity index (χ3v) is 4.74. The van der Waals surface area contributed by atoms with Crippen LogP contribution in [0.4, 0.5) is 0 Å². The van der Waals surface area contributed by atoms with Crippen LogP contribution in [0.5, 0.6) is 0 Å². The molecular weight excluding hydrogens is 216 g/mol. The molecule has 1 atom stereocenters. The van der Waals surface area contributed by atoms with Crippen molar-refractivity contribution in [2.75, 3.05) is 5.75 Å². The van der Waals surface area contributed by atoms with E-state index < -0.39 is 0 Å². The van der Waals surface area contributed by atoms with Crippen LogP contribution in [0.15, 0.2) is 0 Å². The lowest BCUT2D eigenvalue weighted by atomic mass is 10.0. The summed E-state index contributed by atoms with van der Waals surface area (Å²) in [6, 6.07) is 0. The highest BCUT2D eigenvalue weighted by Crippen LogP contribution is 2.27. The summed E-state index contributed by atoms with van der Waals surface area (Å²) in [5.41, 5.74) is 0. The van der Waals surface area contributed by atoms with E-state index in [0.29, 0.717) is 11.0 Å². The first-order valence-corrected chi connectivity index (χ1v) is 8.03. The van der Waals surface area contributed by atoms with Gasteiger partial charge in [-0.15, -0.1) is 0 Å². The molecule has 94 valence electrons. The van der Waals surface area contributed by atoms with Gasteiger partial charge < -0.3 is 0 Å². The third kappa shape index (κ3) is 5.93. The Morgan fingerprint density at radius 2 is 1.88 bits per heavy atom. The van der Waals surface area contributed by atoms with E-state index in [9.17, 15) is 4.79 Å². The zero-order chi connectivity index (χ0) is 11.6. The van der Waals surface area contributed by atoms with E-state index in [1.807, 2.05) is 11.8 Å². The molecule has 0 spiro atoms. The molecule has 0 saturated carbocycles. The molecule has 1 unspecified atom stereocenters. The van der Waals surface area contributed by atoms with Crippen molar-refractivity contribution in [2.45, 2.75) is 76.4 Å². The monoisotopic (exact) mass is 242 g/mol. The van der Waals surface area contributed by atoms with E-state index in [1.54, 1.807) is 0 Å². The Morgan fingerprint density at radius 1 is 1.12 bits per heavy atom. The molecule has 1 fully saturated rings. The predicted molar refractivity (Wildman–Crippen MR) is 73.1 cm³/mol. The summed E-state index contributed by atoms with van der Waals surface area (Å²) in [7, 11) is 0. The minimum Gasteiger partial charge on any atom is -0.298 e. The van der Waals surface area contributed by atoms with Crippen LogP contribution in [0.25, 0.3) is 0 Å². The maximum atomic E-state index is 11.9. The summed E-state index contributed by atoms with van der Waals surface area (Å²) < 4.78 is 0. The van der Waals surface area contributed by atoms with Gasteiger partial charge in [0.25, 0.3) is 0 Å². The highest BCUT2D eigenvalue weighted by Gasteiger charge is 2.20. The van der Waals surface area contributed by atoms with Gasteiger partial charge in [0.15, 0.2) is 0 Å².